The fraction of sp³-hybridized carbons (Fsp3) is 0.750. The first-order valence-electron chi connectivity index (χ1n) is 10.1. The molecule has 0 unspecified atom stereocenters. The lowest BCUT2D eigenvalue weighted by Gasteiger charge is -2.10. The van der Waals surface area contributed by atoms with E-state index in [2.05, 4.69) is 58.9 Å². The summed E-state index contributed by atoms with van der Waals surface area (Å²) >= 11 is 0. The summed E-state index contributed by atoms with van der Waals surface area (Å²) in [5.74, 6) is 2.67. The first kappa shape index (κ1) is 28.0. The maximum absolute atomic E-state index is 2.33. The van der Waals surface area contributed by atoms with Gasteiger partial charge < -0.3 is 0 Å². The molecule has 0 aliphatic heterocycles. The third-order valence-corrected chi connectivity index (χ3v) is 4.09. The van der Waals surface area contributed by atoms with E-state index in [1.54, 1.807) is 0 Å². The first-order valence-corrected chi connectivity index (χ1v) is 10.1. The fourth-order valence-corrected chi connectivity index (χ4v) is 3.15. The van der Waals surface area contributed by atoms with E-state index in [9.17, 15) is 0 Å². The second kappa shape index (κ2) is 18.6. The van der Waals surface area contributed by atoms with Gasteiger partial charge in [0, 0.05) is 0 Å². The summed E-state index contributed by atoms with van der Waals surface area (Å²) in [4.78, 5) is 0. The summed E-state index contributed by atoms with van der Waals surface area (Å²) in [6.45, 7) is 19.3. The standard InChI is InChI=1S/C10H14.C9H18.2C2H6.CH4/c1-8(2)10-7-5-4-6-9(10)3;1-8(2)7-9-5-3-4-6-9;2*1-2;/h4-8H,1-3H3;8-9H,3-7H2,1-2H3;2*1-2H3;1H4. The van der Waals surface area contributed by atoms with Crippen molar-refractivity contribution in [2.24, 2.45) is 11.8 Å². The first-order chi connectivity index (χ1) is 11.0. The van der Waals surface area contributed by atoms with Gasteiger partial charge in [0.25, 0.3) is 0 Å². The highest BCUT2D eigenvalue weighted by atomic mass is 14.2. The average molecular weight is 337 g/mol. The Morgan fingerprint density at radius 2 is 1.33 bits per heavy atom. The number of aryl methyl sites for hydroxylation is 1. The Balaban J connectivity index is -0.000000295. The molecule has 1 aromatic rings. The predicted octanol–water partition coefficient (Wildman–Crippen LogP) is 9.03. The van der Waals surface area contributed by atoms with Gasteiger partial charge in [0.2, 0.25) is 0 Å². The highest BCUT2D eigenvalue weighted by Crippen LogP contribution is 2.29. The van der Waals surface area contributed by atoms with Crippen LogP contribution in [0, 0.1) is 18.8 Å². The van der Waals surface area contributed by atoms with Crippen molar-refractivity contribution in [3.8, 4) is 0 Å². The topological polar surface area (TPSA) is 0 Å². The van der Waals surface area contributed by atoms with Gasteiger partial charge in [-0.1, -0.05) is 113 Å². The lowest BCUT2D eigenvalue weighted by atomic mass is 9.96. The Bertz CT molecular complexity index is 343. The minimum atomic E-state index is 0. The van der Waals surface area contributed by atoms with Gasteiger partial charge in [0.05, 0.1) is 0 Å². The van der Waals surface area contributed by atoms with Gasteiger partial charge in [-0.05, 0) is 42.2 Å². The van der Waals surface area contributed by atoms with Crippen LogP contribution < -0.4 is 0 Å². The molecular formula is C24H48. The molecule has 1 aliphatic carbocycles. The molecule has 0 N–H and O–H groups in total. The van der Waals surface area contributed by atoms with Crippen LogP contribution in [0.3, 0.4) is 0 Å². The Hall–Kier alpha value is -0.780. The molecule has 0 bridgehead atoms. The van der Waals surface area contributed by atoms with Gasteiger partial charge in [0.15, 0.2) is 0 Å². The van der Waals surface area contributed by atoms with Crippen LogP contribution in [0.5, 0.6) is 0 Å². The molecule has 1 aromatic carbocycles. The SMILES string of the molecule is C.CC.CC.CC(C)CC1CCCC1.Cc1ccccc1C(C)C. The van der Waals surface area contributed by atoms with E-state index >= 15 is 0 Å². The summed E-state index contributed by atoms with van der Waals surface area (Å²) in [6.07, 6.45) is 7.49. The molecule has 1 fully saturated rings. The number of hydrogen-bond acceptors (Lipinski definition) is 0. The molecule has 0 heteroatoms. The van der Waals surface area contributed by atoms with Crippen molar-refractivity contribution in [3.63, 3.8) is 0 Å². The highest BCUT2D eigenvalue weighted by Gasteiger charge is 2.15. The fourth-order valence-electron chi connectivity index (χ4n) is 3.15. The van der Waals surface area contributed by atoms with Gasteiger partial charge in [0.1, 0.15) is 0 Å². The van der Waals surface area contributed by atoms with Gasteiger partial charge in [-0.25, -0.2) is 0 Å². The molecule has 24 heavy (non-hydrogen) atoms. The minimum Gasteiger partial charge on any atom is -0.0776 e. The van der Waals surface area contributed by atoms with E-state index in [1.165, 1.54) is 43.2 Å². The van der Waals surface area contributed by atoms with Gasteiger partial charge >= 0.3 is 0 Å². The summed E-state index contributed by atoms with van der Waals surface area (Å²) < 4.78 is 0. The third kappa shape index (κ3) is 13.6. The van der Waals surface area contributed by atoms with Crippen LogP contribution in [-0.4, -0.2) is 0 Å². The van der Waals surface area contributed by atoms with E-state index in [4.69, 9.17) is 0 Å². The summed E-state index contributed by atoms with van der Waals surface area (Å²) in [6, 6.07) is 8.54. The largest absolute Gasteiger partial charge is 0.0776 e. The van der Waals surface area contributed by atoms with E-state index in [1.807, 2.05) is 27.7 Å². The second-order valence-corrected chi connectivity index (χ2v) is 6.79. The molecule has 0 saturated heterocycles. The highest BCUT2D eigenvalue weighted by molar-refractivity contribution is 5.27. The maximum atomic E-state index is 2.33. The lowest BCUT2D eigenvalue weighted by Crippen LogP contribution is -1.98. The maximum Gasteiger partial charge on any atom is -0.0216 e. The van der Waals surface area contributed by atoms with Gasteiger partial charge in [-0.2, -0.15) is 0 Å². The average Bonchev–Trinajstić information content (AvgIpc) is 3.04. The zero-order valence-electron chi connectivity index (χ0n) is 17.6. The van der Waals surface area contributed by atoms with Crippen LogP contribution in [0.4, 0.5) is 0 Å². The van der Waals surface area contributed by atoms with Crippen LogP contribution in [0.1, 0.15) is 112 Å². The molecule has 0 heterocycles. The van der Waals surface area contributed by atoms with E-state index in [-0.39, 0.29) is 7.43 Å². The summed E-state index contributed by atoms with van der Waals surface area (Å²) in [5, 5.41) is 0. The van der Waals surface area contributed by atoms with Crippen molar-refractivity contribution >= 4 is 0 Å². The molecule has 0 aromatic heterocycles. The summed E-state index contributed by atoms with van der Waals surface area (Å²) in [7, 11) is 0. The molecule has 0 spiro atoms. The monoisotopic (exact) mass is 336 g/mol. The lowest BCUT2D eigenvalue weighted by molar-refractivity contribution is 0.419. The van der Waals surface area contributed by atoms with Crippen molar-refractivity contribution in [1.82, 2.24) is 0 Å². The molecule has 0 radical (unpaired) electrons. The molecule has 0 nitrogen and oxygen atoms in total. The molecule has 2 rings (SSSR count). The van der Waals surface area contributed by atoms with E-state index in [0.717, 1.165) is 11.8 Å². The smallest absolute Gasteiger partial charge is 0.0216 e. The van der Waals surface area contributed by atoms with Crippen LogP contribution in [-0.2, 0) is 0 Å². The van der Waals surface area contributed by atoms with Gasteiger partial charge in [-0.3, -0.25) is 0 Å². The number of benzene rings is 1. The van der Waals surface area contributed by atoms with Crippen molar-refractivity contribution in [1.29, 1.82) is 0 Å². The zero-order chi connectivity index (χ0) is 18.3. The van der Waals surface area contributed by atoms with Gasteiger partial charge in [-0.15, -0.1) is 0 Å². The molecule has 1 aliphatic rings. The second-order valence-electron chi connectivity index (χ2n) is 6.79. The predicted molar refractivity (Wildman–Crippen MR) is 116 cm³/mol. The van der Waals surface area contributed by atoms with E-state index < -0.39 is 0 Å². The third-order valence-electron chi connectivity index (χ3n) is 4.09. The van der Waals surface area contributed by atoms with Crippen molar-refractivity contribution in [3.05, 3.63) is 35.4 Å². The van der Waals surface area contributed by atoms with E-state index in [0.29, 0.717) is 5.92 Å². The Labute approximate surface area is 155 Å². The van der Waals surface area contributed by atoms with Crippen molar-refractivity contribution in [2.75, 3.05) is 0 Å². The minimum absolute atomic E-state index is 0. The Kier molecular flexibility index (Phi) is 21.7. The summed E-state index contributed by atoms with van der Waals surface area (Å²) in [5.41, 5.74) is 2.86. The molecule has 144 valence electrons. The Morgan fingerprint density at radius 1 is 0.875 bits per heavy atom. The van der Waals surface area contributed by atoms with Crippen molar-refractivity contribution < 1.29 is 0 Å². The van der Waals surface area contributed by atoms with Crippen LogP contribution in [0.15, 0.2) is 24.3 Å². The number of hydrogen-bond donors (Lipinski definition) is 0. The molecule has 1 saturated carbocycles. The quantitative estimate of drug-likeness (QED) is 0.516. The zero-order valence-corrected chi connectivity index (χ0v) is 17.6. The van der Waals surface area contributed by atoms with Crippen molar-refractivity contribution in [2.45, 2.75) is 108 Å². The Morgan fingerprint density at radius 3 is 1.67 bits per heavy atom. The molecule has 0 atom stereocenters. The number of rotatable bonds is 3. The molecule has 0 amide bonds. The van der Waals surface area contributed by atoms with Crippen LogP contribution in [0.2, 0.25) is 0 Å². The normalized spacial score (nSPS) is 13.0. The van der Waals surface area contributed by atoms with Crippen LogP contribution in [0.25, 0.3) is 0 Å². The van der Waals surface area contributed by atoms with Crippen LogP contribution >= 0.6 is 0 Å². The molecular weight excluding hydrogens is 288 g/mol.